The Morgan fingerprint density at radius 3 is 2.50 bits per heavy atom. The molecule has 0 amide bonds. The van der Waals surface area contributed by atoms with E-state index in [2.05, 4.69) is 15.5 Å². The maximum absolute atomic E-state index is 13.4. The maximum Gasteiger partial charge on any atom is 0.419 e. The third kappa shape index (κ3) is 3.51. The Bertz CT molecular complexity index is 637. The molecular weight excluding hydrogens is 335 g/mol. The molecule has 1 aromatic rings. The molecule has 0 atom stereocenters. The van der Waals surface area contributed by atoms with Gasteiger partial charge in [0.05, 0.1) is 17.7 Å². The number of nitrogens with zero attached hydrogens (tertiary/aromatic N) is 3. The summed E-state index contributed by atoms with van der Waals surface area (Å²) in [5, 5.41) is 3.81. The number of ether oxygens (including phenoxy) is 1. The average molecular weight is 350 g/mol. The second-order valence-electron chi connectivity index (χ2n) is 5.61. The van der Waals surface area contributed by atoms with E-state index < -0.39 is 30.5 Å². The number of hydrogen-bond donors (Lipinski definition) is 1. The van der Waals surface area contributed by atoms with Crippen LogP contribution in [0.2, 0.25) is 0 Å². The van der Waals surface area contributed by atoms with Crippen molar-refractivity contribution in [3.05, 3.63) is 23.4 Å². The van der Waals surface area contributed by atoms with Crippen molar-refractivity contribution in [1.82, 2.24) is 10.4 Å². The standard InChI is InChI=1S/C14H15F5N4O/c15-13(16)1-4-23(5-2-13)11-10(14(17,18)19)7-9(8-20-11)12-22-21-3-6-24-12/h7-8,21H,1-6H2. The van der Waals surface area contributed by atoms with Crippen molar-refractivity contribution in [1.29, 1.82) is 0 Å². The van der Waals surface area contributed by atoms with Crippen molar-refractivity contribution in [3.8, 4) is 0 Å². The normalized spacial score (nSPS) is 20.9. The van der Waals surface area contributed by atoms with E-state index in [1.807, 2.05) is 0 Å². The van der Waals surface area contributed by atoms with E-state index in [1.165, 1.54) is 11.1 Å². The van der Waals surface area contributed by atoms with Crippen LogP contribution in [-0.2, 0) is 10.9 Å². The molecule has 0 bridgehead atoms. The first kappa shape index (κ1) is 16.7. The van der Waals surface area contributed by atoms with Crippen molar-refractivity contribution < 1.29 is 26.7 Å². The van der Waals surface area contributed by atoms with Gasteiger partial charge in [0.2, 0.25) is 5.90 Å². The molecule has 5 nitrogen and oxygen atoms in total. The Balaban J connectivity index is 1.93. The smallest absolute Gasteiger partial charge is 0.419 e. The highest BCUT2D eigenvalue weighted by molar-refractivity contribution is 5.94. The van der Waals surface area contributed by atoms with E-state index in [1.54, 1.807) is 0 Å². The van der Waals surface area contributed by atoms with E-state index in [0.29, 0.717) is 6.54 Å². The number of nitrogens with one attached hydrogen (secondary N) is 1. The Morgan fingerprint density at radius 2 is 1.92 bits per heavy atom. The number of anilines is 1. The largest absolute Gasteiger partial charge is 0.474 e. The van der Waals surface area contributed by atoms with Gasteiger partial charge in [-0.15, -0.1) is 5.10 Å². The third-order valence-electron chi connectivity index (χ3n) is 3.85. The lowest BCUT2D eigenvalue weighted by Crippen LogP contribution is -2.40. The molecule has 132 valence electrons. The zero-order chi connectivity index (χ0) is 17.4. The zero-order valence-corrected chi connectivity index (χ0v) is 12.5. The molecule has 3 heterocycles. The number of aromatic nitrogens is 1. The molecule has 2 aliphatic rings. The first-order chi connectivity index (χ1) is 11.3. The molecule has 0 unspecified atom stereocenters. The monoisotopic (exact) mass is 350 g/mol. The molecule has 1 fully saturated rings. The molecule has 0 spiro atoms. The lowest BCUT2D eigenvalue weighted by atomic mass is 10.1. The van der Waals surface area contributed by atoms with E-state index >= 15 is 0 Å². The molecule has 0 aromatic carbocycles. The number of piperidine rings is 1. The van der Waals surface area contributed by atoms with Crippen molar-refractivity contribution in [3.63, 3.8) is 0 Å². The number of halogens is 5. The van der Waals surface area contributed by atoms with Gasteiger partial charge in [0, 0.05) is 32.1 Å². The van der Waals surface area contributed by atoms with Crippen LogP contribution in [-0.4, -0.2) is 43.0 Å². The summed E-state index contributed by atoms with van der Waals surface area (Å²) >= 11 is 0. The van der Waals surface area contributed by atoms with Crippen LogP contribution in [0, 0.1) is 0 Å². The summed E-state index contributed by atoms with van der Waals surface area (Å²) in [6.45, 7) is 0.384. The van der Waals surface area contributed by atoms with Crippen LogP contribution in [0.5, 0.6) is 0 Å². The highest BCUT2D eigenvalue weighted by atomic mass is 19.4. The molecule has 0 radical (unpaired) electrons. The maximum atomic E-state index is 13.4. The van der Waals surface area contributed by atoms with Gasteiger partial charge in [0.1, 0.15) is 12.4 Å². The molecule has 1 saturated heterocycles. The van der Waals surface area contributed by atoms with Gasteiger partial charge in [0.25, 0.3) is 5.92 Å². The van der Waals surface area contributed by atoms with Crippen LogP contribution in [0.25, 0.3) is 0 Å². The number of hydrogen-bond acceptors (Lipinski definition) is 5. The minimum Gasteiger partial charge on any atom is -0.474 e. The summed E-state index contributed by atoms with van der Waals surface area (Å²) < 4.78 is 71.8. The van der Waals surface area contributed by atoms with Gasteiger partial charge >= 0.3 is 6.18 Å². The predicted molar refractivity (Wildman–Crippen MR) is 76.1 cm³/mol. The summed E-state index contributed by atoms with van der Waals surface area (Å²) in [5.74, 6) is -3.16. The fraction of sp³-hybridized carbons (Fsp3) is 0.571. The minimum absolute atomic E-state index is 0.0241. The molecule has 3 rings (SSSR count). The van der Waals surface area contributed by atoms with Gasteiger partial charge in [0.15, 0.2) is 0 Å². The molecule has 24 heavy (non-hydrogen) atoms. The average Bonchev–Trinajstić information content (AvgIpc) is 2.54. The number of hydrazone groups is 1. The summed E-state index contributed by atoms with van der Waals surface area (Å²) in [6.07, 6.45) is -4.44. The second-order valence-corrected chi connectivity index (χ2v) is 5.61. The molecule has 2 aliphatic heterocycles. The van der Waals surface area contributed by atoms with E-state index in [4.69, 9.17) is 4.74 Å². The van der Waals surface area contributed by atoms with Crippen molar-refractivity contribution in [2.45, 2.75) is 24.9 Å². The highest BCUT2D eigenvalue weighted by Crippen LogP contribution is 2.38. The molecule has 1 N–H and O–H groups in total. The van der Waals surface area contributed by atoms with Gasteiger partial charge < -0.3 is 15.1 Å². The third-order valence-corrected chi connectivity index (χ3v) is 3.85. The summed E-state index contributed by atoms with van der Waals surface area (Å²) in [4.78, 5) is 5.11. The summed E-state index contributed by atoms with van der Waals surface area (Å²) in [7, 11) is 0. The SMILES string of the molecule is FC1(F)CCN(c2ncc(C3=NNCCO3)cc2C(F)(F)F)CC1. The van der Waals surface area contributed by atoms with E-state index in [0.717, 1.165) is 6.07 Å². The number of alkyl halides is 5. The molecule has 10 heteroatoms. The van der Waals surface area contributed by atoms with Gasteiger partial charge in [-0.2, -0.15) is 13.2 Å². The van der Waals surface area contributed by atoms with Gasteiger partial charge in [-0.3, -0.25) is 0 Å². The quantitative estimate of drug-likeness (QED) is 0.833. The number of rotatable bonds is 2. The topological polar surface area (TPSA) is 49.8 Å². The van der Waals surface area contributed by atoms with Crippen LogP contribution >= 0.6 is 0 Å². The highest BCUT2D eigenvalue weighted by Gasteiger charge is 2.40. The predicted octanol–water partition coefficient (Wildman–Crippen LogP) is 2.62. The Hall–Kier alpha value is -2.13. The Morgan fingerprint density at radius 1 is 1.21 bits per heavy atom. The van der Waals surface area contributed by atoms with Crippen LogP contribution in [0.4, 0.5) is 27.8 Å². The van der Waals surface area contributed by atoms with Crippen molar-refractivity contribution in [2.24, 2.45) is 5.10 Å². The van der Waals surface area contributed by atoms with Crippen LogP contribution < -0.4 is 10.3 Å². The summed E-state index contributed by atoms with van der Waals surface area (Å²) in [6, 6.07) is 0.890. The Labute approximate surface area is 134 Å². The van der Waals surface area contributed by atoms with Gasteiger partial charge in [-0.25, -0.2) is 13.8 Å². The van der Waals surface area contributed by atoms with Gasteiger partial charge in [-0.05, 0) is 6.07 Å². The molecule has 1 aromatic heterocycles. The zero-order valence-electron chi connectivity index (χ0n) is 12.5. The van der Waals surface area contributed by atoms with Crippen LogP contribution in [0.15, 0.2) is 17.4 Å². The lowest BCUT2D eigenvalue weighted by Gasteiger charge is -2.34. The van der Waals surface area contributed by atoms with E-state index in [9.17, 15) is 22.0 Å². The van der Waals surface area contributed by atoms with Crippen molar-refractivity contribution in [2.75, 3.05) is 31.1 Å². The minimum atomic E-state index is -4.67. The fourth-order valence-electron chi connectivity index (χ4n) is 2.58. The first-order valence-electron chi connectivity index (χ1n) is 7.40. The van der Waals surface area contributed by atoms with Crippen molar-refractivity contribution >= 4 is 11.7 Å². The van der Waals surface area contributed by atoms with E-state index in [-0.39, 0.29) is 37.0 Å². The Kier molecular flexibility index (Phi) is 4.22. The molecule has 0 aliphatic carbocycles. The summed E-state index contributed by atoms with van der Waals surface area (Å²) in [5.41, 5.74) is 1.74. The number of pyridine rings is 1. The lowest BCUT2D eigenvalue weighted by molar-refractivity contribution is -0.137. The van der Waals surface area contributed by atoms with Crippen LogP contribution in [0.1, 0.15) is 24.0 Å². The van der Waals surface area contributed by atoms with Crippen LogP contribution in [0.3, 0.4) is 0 Å². The first-order valence-corrected chi connectivity index (χ1v) is 7.40. The molecular formula is C14H15F5N4O. The fourth-order valence-corrected chi connectivity index (χ4v) is 2.58. The second kappa shape index (κ2) is 6.06. The molecule has 0 saturated carbocycles. The van der Waals surface area contributed by atoms with Gasteiger partial charge in [-0.1, -0.05) is 0 Å².